The molecule has 2 heterocycles. The van der Waals surface area contributed by atoms with Crippen molar-refractivity contribution in [3.05, 3.63) is 59.1 Å². The molecule has 0 spiro atoms. The summed E-state index contributed by atoms with van der Waals surface area (Å²) in [4.78, 5) is 6.32. The van der Waals surface area contributed by atoms with Crippen molar-refractivity contribution in [1.82, 2.24) is 19.9 Å². The Morgan fingerprint density at radius 3 is 2.44 bits per heavy atom. The van der Waals surface area contributed by atoms with E-state index in [0.29, 0.717) is 10.6 Å². The summed E-state index contributed by atoms with van der Waals surface area (Å²) in [5, 5.41) is 11.5. The maximum absolute atomic E-state index is 5.28. The van der Waals surface area contributed by atoms with Gasteiger partial charge in [0.2, 0.25) is 4.77 Å². The highest BCUT2D eigenvalue weighted by Gasteiger charge is 2.07. The highest BCUT2D eigenvalue weighted by molar-refractivity contribution is 7.71. The van der Waals surface area contributed by atoms with E-state index < -0.39 is 0 Å². The third kappa shape index (κ3) is 3.83. The summed E-state index contributed by atoms with van der Waals surface area (Å²) >= 11 is 5.28. The van der Waals surface area contributed by atoms with Gasteiger partial charge in [-0.05, 0) is 55.9 Å². The van der Waals surface area contributed by atoms with Gasteiger partial charge in [0, 0.05) is 36.7 Å². The summed E-state index contributed by atoms with van der Waals surface area (Å²) in [6, 6.07) is 12.0. The molecule has 0 aliphatic carbocycles. The van der Waals surface area contributed by atoms with E-state index in [4.69, 9.17) is 12.2 Å². The largest absolute Gasteiger partial charge is 0.372 e. The fraction of sp³-hybridized carbons (Fsp3) is 0.222. The molecule has 0 radical (unpaired) electrons. The van der Waals surface area contributed by atoms with Gasteiger partial charge in [-0.3, -0.25) is 4.98 Å². The molecule has 7 heteroatoms. The summed E-state index contributed by atoms with van der Waals surface area (Å²) in [6.45, 7) is 6.28. The highest BCUT2D eigenvalue weighted by Crippen LogP contribution is 2.17. The van der Waals surface area contributed by atoms with Gasteiger partial charge in [0.05, 0.1) is 6.21 Å². The van der Waals surface area contributed by atoms with Crippen molar-refractivity contribution in [2.24, 2.45) is 5.10 Å². The number of rotatable bonds is 6. The number of hydrogen-bond donors (Lipinski definition) is 1. The van der Waals surface area contributed by atoms with Crippen molar-refractivity contribution in [1.29, 1.82) is 0 Å². The Labute approximate surface area is 151 Å². The Balaban J connectivity index is 1.86. The van der Waals surface area contributed by atoms with E-state index in [9.17, 15) is 0 Å². The Hall–Kier alpha value is -2.80. The van der Waals surface area contributed by atoms with Crippen LogP contribution in [0.3, 0.4) is 0 Å². The first kappa shape index (κ1) is 17.0. The molecule has 1 aromatic carbocycles. The molecule has 3 rings (SSSR count). The molecule has 128 valence electrons. The van der Waals surface area contributed by atoms with Crippen molar-refractivity contribution in [3.63, 3.8) is 0 Å². The smallest absolute Gasteiger partial charge is 0.216 e. The molecule has 0 bridgehead atoms. The first-order valence-corrected chi connectivity index (χ1v) is 8.61. The molecular formula is C18H20N6S. The van der Waals surface area contributed by atoms with Crippen LogP contribution in [0.15, 0.2) is 53.9 Å². The van der Waals surface area contributed by atoms with Crippen LogP contribution in [0.25, 0.3) is 11.4 Å². The lowest BCUT2D eigenvalue weighted by Gasteiger charge is -2.20. The van der Waals surface area contributed by atoms with Crippen LogP contribution in [0.5, 0.6) is 0 Å². The van der Waals surface area contributed by atoms with Crippen molar-refractivity contribution in [2.75, 3.05) is 18.0 Å². The summed E-state index contributed by atoms with van der Waals surface area (Å²) in [5.74, 6) is 0.656. The number of benzene rings is 1. The molecule has 0 saturated heterocycles. The molecule has 0 fully saturated rings. The maximum Gasteiger partial charge on any atom is 0.216 e. The van der Waals surface area contributed by atoms with Gasteiger partial charge in [-0.2, -0.15) is 14.9 Å². The Morgan fingerprint density at radius 1 is 1.12 bits per heavy atom. The van der Waals surface area contributed by atoms with E-state index in [-0.39, 0.29) is 0 Å². The van der Waals surface area contributed by atoms with E-state index in [1.165, 1.54) is 5.69 Å². The lowest BCUT2D eigenvalue weighted by Crippen LogP contribution is -2.21. The van der Waals surface area contributed by atoms with Crippen LogP contribution in [0.1, 0.15) is 19.4 Å². The number of hydrogen-bond acceptors (Lipinski definition) is 5. The molecule has 0 saturated carbocycles. The van der Waals surface area contributed by atoms with Crippen molar-refractivity contribution >= 4 is 24.1 Å². The highest BCUT2D eigenvalue weighted by atomic mass is 32.1. The van der Waals surface area contributed by atoms with Gasteiger partial charge in [0.25, 0.3) is 0 Å². The van der Waals surface area contributed by atoms with Crippen LogP contribution < -0.4 is 4.90 Å². The molecule has 0 unspecified atom stereocenters. The van der Waals surface area contributed by atoms with Crippen LogP contribution >= 0.6 is 12.2 Å². The van der Waals surface area contributed by atoms with Gasteiger partial charge in [0.1, 0.15) is 0 Å². The SMILES string of the molecule is CCN(CC)c1ccc(C=Nn2c(-c3ccncc3)n[nH]c2=S)cc1. The molecule has 0 atom stereocenters. The summed E-state index contributed by atoms with van der Waals surface area (Å²) in [6.07, 6.45) is 5.21. The lowest BCUT2D eigenvalue weighted by molar-refractivity contribution is 0.865. The molecular weight excluding hydrogens is 332 g/mol. The second-order valence-corrected chi connectivity index (χ2v) is 5.80. The lowest BCUT2D eigenvalue weighted by atomic mass is 10.2. The zero-order chi connectivity index (χ0) is 17.6. The first-order chi connectivity index (χ1) is 12.2. The fourth-order valence-electron chi connectivity index (χ4n) is 2.57. The van der Waals surface area contributed by atoms with Crippen LogP contribution in [-0.2, 0) is 0 Å². The summed E-state index contributed by atoms with van der Waals surface area (Å²) in [7, 11) is 0. The van der Waals surface area contributed by atoms with Crippen molar-refractivity contribution < 1.29 is 0 Å². The Kier molecular flexibility index (Phi) is 5.35. The minimum atomic E-state index is 0.447. The first-order valence-electron chi connectivity index (χ1n) is 8.20. The average molecular weight is 352 g/mol. The Morgan fingerprint density at radius 2 is 1.80 bits per heavy atom. The minimum Gasteiger partial charge on any atom is -0.372 e. The molecule has 6 nitrogen and oxygen atoms in total. The van der Waals surface area contributed by atoms with Crippen molar-refractivity contribution in [2.45, 2.75) is 13.8 Å². The number of H-pyrrole nitrogens is 1. The Bertz CT molecular complexity index is 891. The van der Waals surface area contributed by atoms with Gasteiger partial charge in [-0.1, -0.05) is 12.1 Å². The van der Waals surface area contributed by atoms with Crippen LogP contribution in [0.2, 0.25) is 0 Å². The van der Waals surface area contributed by atoms with E-state index in [2.05, 4.69) is 51.2 Å². The van der Waals surface area contributed by atoms with Gasteiger partial charge < -0.3 is 4.90 Å². The molecule has 2 aromatic heterocycles. The molecule has 0 aliphatic heterocycles. The third-order valence-electron chi connectivity index (χ3n) is 3.93. The molecule has 3 aromatic rings. The molecule has 25 heavy (non-hydrogen) atoms. The topological polar surface area (TPSA) is 62.1 Å². The van der Waals surface area contributed by atoms with Crippen LogP contribution in [-0.4, -0.2) is 39.2 Å². The van der Waals surface area contributed by atoms with Gasteiger partial charge in [0.15, 0.2) is 5.82 Å². The fourth-order valence-corrected chi connectivity index (χ4v) is 2.75. The predicted octanol–water partition coefficient (Wildman–Crippen LogP) is 3.73. The summed E-state index contributed by atoms with van der Waals surface area (Å²) < 4.78 is 2.06. The molecule has 0 amide bonds. The van der Waals surface area contributed by atoms with Gasteiger partial charge in [-0.25, -0.2) is 5.10 Å². The van der Waals surface area contributed by atoms with Gasteiger partial charge >= 0.3 is 0 Å². The second kappa shape index (κ2) is 7.85. The predicted molar refractivity (Wildman–Crippen MR) is 104 cm³/mol. The third-order valence-corrected chi connectivity index (χ3v) is 4.20. The summed E-state index contributed by atoms with van der Waals surface area (Å²) in [5.41, 5.74) is 3.11. The number of nitrogens with one attached hydrogen (secondary N) is 1. The second-order valence-electron chi connectivity index (χ2n) is 5.41. The van der Waals surface area contributed by atoms with E-state index >= 15 is 0 Å². The van der Waals surface area contributed by atoms with E-state index in [0.717, 1.165) is 24.2 Å². The molecule has 0 aliphatic rings. The zero-order valence-corrected chi connectivity index (χ0v) is 15.1. The average Bonchev–Trinajstić information content (AvgIpc) is 3.03. The van der Waals surface area contributed by atoms with Gasteiger partial charge in [-0.15, -0.1) is 0 Å². The standard InChI is InChI=1S/C18H20N6S/c1-3-23(4-2)16-7-5-14(6-8-16)13-20-24-17(21-22-18(24)25)15-9-11-19-12-10-15/h5-13H,3-4H2,1-2H3,(H,22,25). The van der Waals surface area contributed by atoms with Crippen LogP contribution in [0, 0.1) is 4.77 Å². The zero-order valence-electron chi connectivity index (χ0n) is 14.3. The monoisotopic (exact) mass is 352 g/mol. The van der Waals surface area contributed by atoms with Crippen LogP contribution in [0.4, 0.5) is 5.69 Å². The normalized spacial score (nSPS) is 11.1. The number of nitrogens with zero attached hydrogens (tertiary/aromatic N) is 5. The number of anilines is 1. The minimum absolute atomic E-state index is 0.447. The maximum atomic E-state index is 5.28. The number of aromatic amines is 1. The number of aromatic nitrogens is 4. The van der Waals surface area contributed by atoms with E-state index in [1.54, 1.807) is 23.3 Å². The molecule has 1 N–H and O–H groups in total. The number of pyridine rings is 1. The van der Waals surface area contributed by atoms with Crippen molar-refractivity contribution in [3.8, 4) is 11.4 Å². The quantitative estimate of drug-likeness (QED) is 0.542. The van der Waals surface area contributed by atoms with E-state index in [1.807, 2.05) is 24.3 Å².